The number of fused-ring (bicyclic) bond motifs is 1. The number of amides is 1. The van der Waals surface area contributed by atoms with Crippen molar-refractivity contribution in [2.45, 2.75) is 18.7 Å². The maximum Gasteiger partial charge on any atom is 0.261 e. The molecule has 0 spiro atoms. The van der Waals surface area contributed by atoms with Gasteiger partial charge in [0.1, 0.15) is 0 Å². The van der Waals surface area contributed by atoms with E-state index < -0.39 is 9.84 Å². The normalized spacial score (nSPS) is 11.9. The average molecular weight is 432 g/mol. The number of hydrogen-bond acceptors (Lipinski definition) is 6. The van der Waals surface area contributed by atoms with Crippen molar-refractivity contribution in [2.75, 3.05) is 38.3 Å². The van der Waals surface area contributed by atoms with Crippen molar-refractivity contribution >= 4 is 42.4 Å². The van der Waals surface area contributed by atoms with Crippen LogP contribution in [0.4, 0.5) is 5.13 Å². The smallest absolute Gasteiger partial charge is 0.261 e. The van der Waals surface area contributed by atoms with E-state index in [-0.39, 0.29) is 16.4 Å². The minimum absolute atomic E-state index is 0.0352. The van der Waals surface area contributed by atoms with E-state index in [1.54, 1.807) is 23.1 Å². The minimum Gasteiger partial charge on any atom is -0.308 e. The summed E-state index contributed by atoms with van der Waals surface area (Å²) in [5.41, 5.74) is 3.23. The molecule has 0 saturated carbocycles. The highest BCUT2D eigenvalue weighted by atomic mass is 32.2. The second kappa shape index (κ2) is 8.22. The number of aryl methyl sites for hydroxylation is 2. The van der Waals surface area contributed by atoms with Gasteiger partial charge in [0.2, 0.25) is 0 Å². The number of carbonyl (C=O) groups excluding carboxylic acids is 1. The summed E-state index contributed by atoms with van der Waals surface area (Å²) in [6.45, 7) is 5.06. The summed E-state index contributed by atoms with van der Waals surface area (Å²) < 4.78 is 25.4. The highest BCUT2D eigenvalue weighted by Crippen LogP contribution is 2.33. The summed E-state index contributed by atoms with van der Waals surface area (Å²) in [6, 6.07) is 10.5. The van der Waals surface area contributed by atoms with Gasteiger partial charge < -0.3 is 4.90 Å². The molecule has 0 aliphatic carbocycles. The van der Waals surface area contributed by atoms with Crippen LogP contribution in [0.1, 0.15) is 21.5 Å². The summed E-state index contributed by atoms with van der Waals surface area (Å²) in [6.07, 6.45) is 1.12. The molecule has 1 amide bonds. The Hall–Kier alpha value is -2.29. The van der Waals surface area contributed by atoms with Crippen LogP contribution >= 0.6 is 11.3 Å². The molecule has 0 atom stereocenters. The molecule has 0 saturated heterocycles. The molecule has 0 aliphatic heterocycles. The molecule has 2 aromatic carbocycles. The van der Waals surface area contributed by atoms with E-state index in [1.807, 2.05) is 32.8 Å². The Morgan fingerprint density at radius 1 is 1.10 bits per heavy atom. The van der Waals surface area contributed by atoms with Gasteiger partial charge in [0.05, 0.1) is 20.7 Å². The standard InChI is InChI=1S/C21H25N3O3S2/c1-14-12-15(2)19-17(13-14)28-21(22-19)24(11-10-23(3)4)20(25)16-8-6-7-9-18(16)29(5,26)27/h6-9,12-13H,10-11H2,1-5H3. The summed E-state index contributed by atoms with van der Waals surface area (Å²) in [4.78, 5) is 21.8. The van der Waals surface area contributed by atoms with Crippen LogP contribution in [0.3, 0.4) is 0 Å². The fourth-order valence-electron chi connectivity index (χ4n) is 3.17. The molecule has 6 nitrogen and oxygen atoms in total. The first-order chi connectivity index (χ1) is 13.6. The molecule has 3 rings (SSSR count). The van der Waals surface area contributed by atoms with Crippen molar-refractivity contribution in [3.05, 3.63) is 53.1 Å². The Morgan fingerprint density at radius 2 is 1.79 bits per heavy atom. The number of carbonyl (C=O) groups is 1. The van der Waals surface area contributed by atoms with Crippen LogP contribution in [0, 0.1) is 13.8 Å². The van der Waals surface area contributed by atoms with Gasteiger partial charge in [-0.15, -0.1) is 0 Å². The largest absolute Gasteiger partial charge is 0.308 e. The molecule has 0 bridgehead atoms. The van der Waals surface area contributed by atoms with E-state index in [1.165, 1.54) is 17.4 Å². The number of nitrogens with zero attached hydrogens (tertiary/aromatic N) is 3. The highest BCUT2D eigenvalue weighted by molar-refractivity contribution is 7.90. The van der Waals surface area contributed by atoms with E-state index in [0.29, 0.717) is 18.2 Å². The van der Waals surface area contributed by atoms with Crippen LogP contribution in [0.2, 0.25) is 0 Å². The average Bonchev–Trinajstić information content (AvgIpc) is 3.04. The molecular weight excluding hydrogens is 406 g/mol. The first-order valence-electron chi connectivity index (χ1n) is 9.21. The molecule has 3 aromatic rings. The summed E-state index contributed by atoms with van der Waals surface area (Å²) >= 11 is 1.45. The first-order valence-corrected chi connectivity index (χ1v) is 11.9. The van der Waals surface area contributed by atoms with Gasteiger partial charge in [0.15, 0.2) is 15.0 Å². The Kier molecular flexibility index (Phi) is 6.07. The Bertz CT molecular complexity index is 1170. The lowest BCUT2D eigenvalue weighted by atomic mass is 10.1. The number of hydrogen-bond donors (Lipinski definition) is 0. The Balaban J connectivity index is 2.12. The number of benzene rings is 2. The van der Waals surface area contributed by atoms with Crippen LogP contribution in [0.5, 0.6) is 0 Å². The van der Waals surface area contributed by atoms with Crippen molar-refractivity contribution in [1.82, 2.24) is 9.88 Å². The lowest BCUT2D eigenvalue weighted by Gasteiger charge is -2.22. The van der Waals surface area contributed by atoms with Gasteiger partial charge in [0, 0.05) is 19.3 Å². The van der Waals surface area contributed by atoms with Crippen molar-refractivity contribution in [2.24, 2.45) is 0 Å². The van der Waals surface area contributed by atoms with E-state index in [0.717, 1.165) is 27.6 Å². The SMILES string of the molecule is Cc1cc(C)c2nc(N(CCN(C)C)C(=O)c3ccccc3S(C)(=O)=O)sc2c1. The van der Waals surface area contributed by atoms with Gasteiger partial charge >= 0.3 is 0 Å². The molecule has 8 heteroatoms. The lowest BCUT2D eigenvalue weighted by Crippen LogP contribution is -2.37. The second-order valence-corrected chi connectivity index (χ2v) is 10.4. The van der Waals surface area contributed by atoms with Crippen molar-refractivity contribution in [3.8, 4) is 0 Å². The number of aromatic nitrogens is 1. The van der Waals surface area contributed by atoms with Crippen LogP contribution in [0.15, 0.2) is 41.3 Å². The van der Waals surface area contributed by atoms with Crippen LogP contribution in [0.25, 0.3) is 10.2 Å². The third-order valence-electron chi connectivity index (χ3n) is 4.58. The zero-order chi connectivity index (χ0) is 21.3. The van der Waals surface area contributed by atoms with Gasteiger partial charge in [-0.3, -0.25) is 9.69 Å². The summed E-state index contributed by atoms with van der Waals surface area (Å²) in [5.74, 6) is -0.360. The molecule has 0 aliphatic rings. The first kappa shape index (κ1) is 21.4. The molecule has 0 N–H and O–H groups in total. The van der Waals surface area contributed by atoms with Crippen molar-refractivity contribution in [3.63, 3.8) is 0 Å². The maximum atomic E-state index is 13.5. The molecule has 154 valence electrons. The predicted octanol–water partition coefficient (Wildman–Crippen LogP) is 3.53. The molecular formula is C21H25N3O3S2. The van der Waals surface area contributed by atoms with Gasteiger partial charge in [-0.1, -0.05) is 29.5 Å². The zero-order valence-corrected chi connectivity index (χ0v) is 18.9. The van der Waals surface area contributed by atoms with Crippen molar-refractivity contribution in [1.29, 1.82) is 0 Å². The van der Waals surface area contributed by atoms with Crippen LogP contribution < -0.4 is 4.90 Å². The Morgan fingerprint density at radius 3 is 2.45 bits per heavy atom. The van der Waals surface area contributed by atoms with E-state index in [4.69, 9.17) is 4.98 Å². The molecule has 29 heavy (non-hydrogen) atoms. The lowest BCUT2D eigenvalue weighted by molar-refractivity contribution is 0.0982. The van der Waals surface area contributed by atoms with E-state index in [2.05, 4.69) is 12.1 Å². The van der Waals surface area contributed by atoms with Crippen LogP contribution in [-0.4, -0.2) is 57.6 Å². The van der Waals surface area contributed by atoms with Gasteiger partial charge in [-0.2, -0.15) is 0 Å². The molecule has 1 aromatic heterocycles. The summed E-state index contributed by atoms with van der Waals surface area (Å²) in [7, 11) is 0.322. The molecule has 0 fully saturated rings. The number of sulfone groups is 1. The number of anilines is 1. The third-order valence-corrected chi connectivity index (χ3v) is 6.76. The molecule has 0 unspecified atom stereocenters. The molecule has 0 radical (unpaired) electrons. The maximum absolute atomic E-state index is 13.5. The topological polar surface area (TPSA) is 70.6 Å². The Labute approximate surface area is 175 Å². The minimum atomic E-state index is -3.54. The third kappa shape index (κ3) is 4.66. The van der Waals surface area contributed by atoms with Gasteiger partial charge in [0.25, 0.3) is 5.91 Å². The van der Waals surface area contributed by atoms with Crippen LogP contribution in [-0.2, 0) is 9.84 Å². The highest BCUT2D eigenvalue weighted by Gasteiger charge is 2.26. The van der Waals surface area contributed by atoms with Gasteiger partial charge in [-0.25, -0.2) is 13.4 Å². The predicted molar refractivity (Wildman–Crippen MR) is 119 cm³/mol. The fraction of sp³-hybridized carbons (Fsp3) is 0.333. The number of likely N-dealkylation sites (N-methyl/N-ethyl adjacent to an activating group) is 1. The number of thiazole rings is 1. The second-order valence-electron chi connectivity index (χ2n) is 7.45. The summed E-state index contributed by atoms with van der Waals surface area (Å²) in [5, 5.41) is 0.573. The van der Waals surface area contributed by atoms with Gasteiger partial charge in [-0.05, 0) is 57.3 Å². The zero-order valence-electron chi connectivity index (χ0n) is 17.3. The van der Waals surface area contributed by atoms with Crippen molar-refractivity contribution < 1.29 is 13.2 Å². The number of rotatable bonds is 6. The fourth-order valence-corrected chi connectivity index (χ4v) is 5.22. The van der Waals surface area contributed by atoms with E-state index in [9.17, 15) is 13.2 Å². The van der Waals surface area contributed by atoms with E-state index >= 15 is 0 Å². The quantitative estimate of drug-likeness (QED) is 0.597. The monoisotopic (exact) mass is 431 g/mol. The molecule has 1 heterocycles.